The lowest BCUT2D eigenvalue weighted by Crippen LogP contribution is -2.36. The summed E-state index contributed by atoms with van der Waals surface area (Å²) in [6, 6.07) is 15.8. The molecule has 2 aromatic rings. The van der Waals surface area contributed by atoms with Gasteiger partial charge in [-0.3, -0.25) is 4.79 Å². The highest BCUT2D eigenvalue weighted by molar-refractivity contribution is 6.00. The van der Waals surface area contributed by atoms with Crippen molar-refractivity contribution in [2.45, 2.75) is 13.8 Å². The molecule has 0 radical (unpaired) electrons. The van der Waals surface area contributed by atoms with Crippen LogP contribution in [-0.4, -0.2) is 43.6 Å². The number of hydrogen-bond donors (Lipinski definition) is 2. The van der Waals surface area contributed by atoms with Crippen molar-refractivity contribution in [2.75, 3.05) is 37.4 Å². The van der Waals surface area contributed by atoms with Crippen molar-refractivity contribution >= 4 is 23.3 Å². The smallest absolute Gasteiger partial charge is 0.323 e. The Hall–Kier alpha value is -2.86. The van der Waals surface area contributed by atoms with Gasteiger partial charge in [0.15, 0.2) is 0 Å². The van der Waals surface area contributed by atoms with Crippen molar-refractivity contribution in [3.63, 3.8) is 0 Å². The van der Waals surface area contributed by atoms with E-state index >= 15 is 0 Å². The minimum absolute atomic E-state index is 0.0407. The zero-order chi connectivity index (χ0) is 19.6. The van der Waals surface area contributed by atoms with E-state index in [-0.39, 0.29) is 11.9 Å². The van der Waals surface area contributed by atoms with Gasteiger partial charge in [0.1, 0.15) is 0 Å². The molecule has 0 aromatic heterocycles. The molecule has 0 bridgehead atoms. The van der Waals surface area contributed by atoms with E-state index in [1.54, 1.807) is 36.3 Å². The summed E-state index contributed by atoms with van der Waals surface area (Å²) in [7, 11) is 1.62. The first-order valence-corrected chi connectivity index (χ1v) is 9.01. The van der Waals surface area contributed by atoms with Gasteiger partial charge in [0, 0.05) is 37.1 Å². The molecule has 0 saturated heterocycles. The number of nitrogens with zero attached hydrogens (tertiary/aromatic N) is 1. The van der Waals surface area contributed by atoms with Gasteiger partial charge in [-0.2, -0.15) is 0 Å². The van der Waals surface area contributed by atoms with E-state index in [0.29, 0.717) is 42.6 Å². The van der Waals surface area contributed by atoms with Crippen LogP contribution in [0.15, 0.2) is 54.6 Å². The molecule has 0 atom stereocenters. The van der Waals surface area contributed by atoms with Gasteiger partial charge < -0.3 is 20.3 Å². The number of hydrogen-bond acceptors (Lipinski definition) is 3. The number of anilines is 2. The van der Waals surface area contributed by atoms with Crippen LogP contribution in [0, 0.1) is 5.92 Å². The number of benzene rings is 2. The summed E-state index contributed by atoms with van der Waals surface area (Å²) in [4.78, 5) is 26.6. The second kappa shape index (κ2) is 10.3. The topological polar surface area (TPSA) is 70.7 Å². The molecule has 0 heterocycles. The summed E-state index contributed by atoms with van der Waals surface area (Å²) in [5, 5.41) is 5.51. The lowest BCUT2D eigenvalue weighted by molar-refractivity contribution is 0.0672. The van der Waals surface area contributed by atoms with Crippen molar-refractivity contribution in [3.05, 3.63) is 60.2 Å². The van der Waals surface area contributed by atoms with Crippen LogP contribution in [-0.2, 0) is 4.74 Å². The largest absolute Gasteiger partial charge is 0.383 e. The quantitative estimate of drug-likeness (QED) is 0.737. The number of para-hydroxylation sites is 1. The van der Waals surface area contributed by atoms with E-state index in [1.165, 1.54) is 0 Å². The molecule has 0 aliphatic carbocycles. The van der Waals surface area contributed by atoms with Crippen LogP contribution >= 0.6 is 0 Å². The third-order valence-corrected chi connectivity index (χ3v) is 3.86. The highest BCUT2D eigenvalue weighted by atomic mass is 16.5. The van der Waals surface area contributed by atoms with Crippen LogP contribution in [0.3, 0.4) is 0 Å². The van der Waals surface area contributed by atoms with Gasteiger partial charge in [-0.1, -0.05) is 32.0 Å². The van der Waals surface area contributed by atoms with Gasteiger partial charge in [-0.25, -0.2) is 4.79 Å². The van der Waals surface area contributed by atoms with Crippen LogP contribution in [0.1, 0.15) is 24.2 Å². The number of methoxy groups -OCH3 is 1. The number of carbonyl (C=O) groups is 2. The Morgan fingerprint density at radius 3 is 2.11 bits per heavy atom. The summed E-state index contributed by atoms with van der Waals surface area (Å²) >= 11 is 0. The number of rotatable bonds is 8. The first-order chi connectivity index (χ1) is 13.0. The Morgan fingerprint density at radius 1 is 0.963 bits per heavy atom. The fourth-order valence-corrected chi connectivity index (χ4v) is 2.61. The van der Waals surface area contributed by atoms with E-state index in [9.17, 15) is 9.59 Å². The maximum Gasteiger partial charge on any atom is 0.323 e. The molecular weight excluding hydrogens is 342 g/mol. The molecule has 6 nitrogen and oxygen atoms in total. The molecule has 27 heavy (non-hydrogen) atoms. The van der Waals surface area contributed by atoms with E-state index < -0.39 is 0 Å². The molecule has 2 rings (SSSR count). The van der Waals surface area contributed by atoms with Crippen molar-refractivity contribution in [1.82, 2.24) is 4.90 Å². The van der Waals surface area contributed by atoms with Crippen LogP contribution in [0.25, 0.3) is 0 Å². The molecule has 3 amide bonds. The van der Waals surface area contributed by atoms with E-state index in [2.05, 4.69) is 24.5 Å². The monoisotopic (exact) mass is 369 g/mol. The first kappa shape index (κ1) is 20.5. The molecule has 0 aliphatic heterocycles. The van der Waals surface area contributed by atoms with Gasteiger partial charge in [0.25, 0.3) is 5.91 Å². The number of urea groups is 1. The number of nitrogens with one attached hydrogen (secondary N) is 2. The predicted octanol–water partition coefficient (Wildman–Crippen LogP) is 4.08. The van der Waals surface area contributed by atoms with E-state index in [0.717, 1.165) is 0 Å². The summed E-state index contributed by atoms with van der Waals surface area (Å²) < 4.78 is 5.10. The third-order valence-electron chi connectivity index (χ3n) is 3.86. The Bertz CT molecular complexity index is 730. The average molecular weight is 369 g/mol. The van der Waals surface area contributed by atoms with E-state index in [1.807, 2.05) is 30.3 Å². The number of ether oxygens (including phenoxy) is 1. The molecule has 0 unspecified atom stereocenters. The zero-order valence-corrected chi connectivity index (χ0v) is 16.1. The Labute approximate surface area is 160 Å². The molecular formula is C21H27N3O3. The molecule has 2 N–H and O–H groups in total. The Morgan fingerprint density at radius 2 is 1.56 bits per heavy atom. The van der Waals surface area contributed by atoms with Crippen LogP contribution in [0.2, 0.25) is 0 Å². The van der Waals surface area contributed by atoms with Gasteiger partial charge in [-0.05, 0) is 42.3 Å². The molecule has 0 saturated carbocycles. The zero-order valence-electron chi connectivity index (χ0n) is 16.1. The molecule has 0 aliphatic rings. The molecule has 6 heteroatoms. The summed E-state index contributed by atoms with van der Waals surface area (Å²) in [5.74, 6) is 0.328. The average Bonchev–Trinajstić information content (AvgIpc) is 2.65. The minimum Gasteiger partial charge on any atom is -0.383 e. The second-order valence-corrected chi connectivity index (χ2v) is 6.66. The third kappa shape index (κ3) is 6.75. The fourth-order valence-electron chi connectivity index (χ4n) is 2.61. The maximum absolute atomic E-state index is 12.7. The minimum atomic E-state index is -0.332. The molecule has 2 aromatic carbocycles. The van der Waals surface area contributed by atoms with Crippen molar-refractivity contribution in [2.24, 2.45) is 5.92 Å². The maximum atomic E-state index is 12.7. The first-order valence-electron chi connectivity index (χ1n) is 9.01. The van der Waals surface area contributed by atoms with Gasteiger partial charge in [-0.15, -0.1) is 0 Å². The van der Waals surface area contributed by atoms with E-state index in [4.69, 9.17) is 4.74 Å². The van der Waals surface area contributed by atoms with Gasteiger partial charge >= 0.3 is 6.03 Å². The molecule has 144 valence electrons. The summed E-state index contributed by atoms with van der Waals surface area (Å²) in [6.07, 6.45) is 0. The van der Waals surface area contributed by atoms with Gasteiger partial charge in [0.05, 0.1) is 6.61 Å². The Balaban J connectivity index is 1.98. The lowest BCUT2D eigenvalue weighted by Gasteiger charge is -2.24. The lowest BCUT2D eigenvalue weighted by atomic mass is 10.1. The summed E-state index contributed by atoms with van der Waals surface area (Å²) in [6.45, 7) is 5.86. The molecule has 0 fully saturated rings. The van der Waals surface area contributed by atoms with Gasteiger partial charge in [0.2, 0.25) is 0 Å². The fraction of sp³-hybridized carbons (Fsp3) is 0.333. The van der Waals surface area contributed by atoms with Crippen molar-refractivity contribution < 1.29 is 14.3 Å². The number of carbonyl (C=O) groups excluding carboxylic acids is 2. The second-order valence-electron chi connectivity index (χ2n) is 6.66. The SMILES string of the molecule is COCCN(CC(C)C)C(=O)c1ccc(NC(=O)Nc2ccccc2)cc1. The van der Waals surface area contributed by atoms with Crippen LogP contribution in [0.4, 0.5) is 16.2 Å². The molecule has 0 spiro atoms. The normalized spacial score (nSPS) is 10.5. The Kier molecular flexibility index (Phi) is 7.82. The van der Waals surface area contributed by atoms with Crippen LogP contribution in [0.5, 0.6) is 0 Å². The van der Waals surface area contributed by atoms with Crippen molar-refractivity contribution in [3.8, 4) is 0 Å². The highest BCUT2D eigenvalue weighted by Crippen LogP contribution is 2.14. The summed E-state index contributed by atoms with van der Waals surface area (Å²) in [5.41, 5.74) is 1.91. The van der Waals surface area contributed by atoms with Crippen molar-refractivity contribution in [1.29, 1.82) is 0 Å². The predicted molar refractivity (Wildman–Crippen MR) is 108 cm³/mol. The number of amides is 3. The highest BCUT2D eigenvalue weighted by Gasteiger charge is 2.16. The van der Waals surface area contributed by atoms with Crippen LogP contribution < -0.4 is 10.6 Å². The standard InChI is InChI=1S/C21H27N3O3/c1-16(2)15-24(13-14-27-3)20(25)17-9-11-19(12-10-17)23-21(26)22-18-7-5-4-6-8-18/h4-12,16H,13-15H2,1-3H3,(H2,22,23,26).